The van der Waals surface area contributed by atoms with E-state index in [-0.39, 0.29) is 5.56 Å². The number of nitrogens with two attached hydrogens (primary N) is 1. The predicted molar refractivity (Wildman–Crippen MR) is 52.5 cm³/mol. The van der Waals surface area contributed by atoms with E-state index in [1.807, 2.05) is 0 Å². The zero-order valence-electron chi connectivity index (χ0n) is 8.54. The lowest BCUT2D eigenvalue weighted by molar-refractivity contribution is 0.113. The number of methoxy groups -OCH3 is 2. The fourth-order valence-corrected chi connectivity index (χ4v) is 1.33. The van der Waals surface area contributed by atoms with Crippen LogP contribution < -0.4 is 15.2 Å². The van der Waals surface area contributed by atoms with Gasteiger partial charge in [0, 0.05) is 0 Å². The SMILES string of the molecule is COc1cccc(OC)c1[C@H](N)C(F)F. The van der Waals surface area contributed by atoms with Crippen molar-refractivity contribution in [1.82, 2.24) is 0 Å². The first-order valence-corrected chi connectivity index (χ1v) is 4.36. The Labute approximate surface area is 86.8 Å². The van der Waals surface area contributed by atoms with E-state index in [1.165, 1.54) is 14.2 Å². The summed E-state index contributed by atoms with van der Waals surface area (Å²) in [5.74, 6) is 0.615. The molecule has 0 aliphatic rings. The van der Waals surface area contributed by atoms with Crippen molar-refractivity contribution in [3.05, 3.63) is 23.8 Å². The van der Waals surface area contributed by atoms with Gasteiger partial charge in [-0.1, -0.05) is 6.07 Å². The van der Waals surface area contributed by atoms with E-state index in [0.717, 1.165) is 0 Å². The molecule has 0 aliphatic heterocycles. The van der Waals surface area contributed by atoms with E-state index in [4.69, 9.17) is 15.2 Å². The van der Waals surface area contributed by atoms with Crippen LogP contribution in [0.15, 0.2) is 18.2 Å². The molecule has 3 nitrogen and oxygen atoms in total. The number of hydrogen-bond donors (Lipinski definition) is 1. The average Bonchev–Trinajstić information content (AvgIpc) is 2.26. The van der Waals surface area contributed by atoms with Crippen LogP contribution in [0.2, 0.25) is 0 Å². The van der Waals surface area contributed by atoms with Gasteiger partial charge in [0.1, 0.15) is 11.5 Å². The van der Waals surface area contributed by atoms with Gasteiger partial charge in [-0.05, 0) is 12.1 Å². The van der Waals surface area contributed by atoms with Gasteiger partial charge in [-0.15, -0.1) is 0 Å². The molecule has 0 saturated heterocycles. The molecule has 1 aromatic carbocycles. The number of benzene rings is 1. The lowest BCUT2D eigenvalue weighted by atomic mass is 10.1. The summed E-state index contributed by atoms with van der Waals surface area (Å²) in [5.41, 5.74) is 5.57. The Morgan fingerprint density at radius 3 is 1.93 bits per heavy atom. The van der Waals surface area contributed by atoms with E-state index in [0.29, 0.717) is 11.5 Å². The smallest absolute Gasteiger partial charge is 0.257 e. The lowest BCUT2D eigenvalue weighted by Gasteiger charge is -2.17. The van der Waals surface area contributed by atoms with Gasteiger partial charge in [0.15, 0.2) is 0 Å². The topological polar surface area (TPSA) is 44.5 Å². The Bertz CT molecular complexity index is 309. The van der Waals surface area contributed by atoms with E-state index < -0.39 is 12.5 Å². The van der Waals surface area contributed by atoms with Gasteiger partial charge in [-0.2, -0.15) is 0 Å². The highest BCUT2D eigenvalue weighted by Crippen LogP contribution is 2.35. The van der Waals surface area contributed by atoms with E-state index >= 15 is 0 Å². The fourth-order valence-electron chi connectivity index (χ4n) is 1.33. The summed E-state index contributed by atoms with van der Waals surface area (Å²) in [7, 11) is 2.80. The Morgan fingerprint density at radius 2 is 1.60 bits per heavy atom. The number of rotatable bonds is 4. The van der Waals surface area contributed by atoms with Crippen molar-refractivity contribution in [1.29, 1.82) is 0 Å². The Kier molecular flexibility index (Phi) is 3.85. The van der Waals surface area contributed by atoms with Crippen molar-refractivity contribution >= 4 is 0 Å². The molecule has 84 valence electrons. The highest BCUT2D eigenvalue weighted by atomic mass is 19.3. The van der Waals surface area contributed by atoms with Gasteiger partial charge in [0.25, 0.3) is 6.43 Å². The minimum atomic E-state index is -2.66. The number of hydrogen-bond acceptors (Lipinski definition) is 3. The largest absolute Gasteiger partial charge is 0.496 e. The first kappa shape index (κ1) is 11.7. The predicted octanol–water partition coefficient (Wildman–Crippen LogP) is 1.97. The van der Waals surface area contributed by atoms with Crippen molar-refractivity contribution < 1.29 is 18.3 Å². The van der Waals surface area contributed by atoms with Crippen LogP contribution >= 0.6 is 0 Å². The maximum absolute atomic E-state index is 12.5. The molecule has 2 N–H and O–H groups in total. The summed E-state index contributed by atoms with van der Waals surface area (Å²) in [6.07, 6.45) is -2.66. The van der Waals surface area contributed by atoms with Crippen LogP contribution in [0.5, 0.6) is 11.5 Å². The van der Waals surface area contributed by atoms with Crippen molar-refractivity contribution in [3.63, 3.8) is 0 Å². The molecule has 5 heteroatoms. The normalized spacial score (nSPS) is 12.7. The molecule has 0 saturated carbocycles. The molecule has 0 spiro atoms. The van der Waals surface area contributed by atoms with Crippen LogP contribution in [0.25, 0.3) is 0 Å². The first-order chi connectivity index (χ1) is 7.11. The van der Waals surface area contributed by atoms with E-state index in [2.05, 4.69) is 0 Å². The second-order valence-corrected chi connectivity index (χ2v) is 2.94. The van der Waals surface area contributed by atoms with Crippen LogP contribution in [-0.4, -0.2) is 20.6 Å². The molecule has 0 bridgehead atoms. The van der Waals surface area contributed by atoms with Crippen molar-refractivity contribution in [2.75, 3.05) is 14.2 Å². The third-order valence-electron chi connectivity index (χ3n) is 2.07. The van der Waals surface area contributed by atoms with Gasteiger partial charge in [0.05, 0.1) is 25.8 Å². The van der Waals surface area contributed by atoms with Crippen LogP contribution in [0.1, 0.15) is 11.6 Å². The van der Waals surface area contributed by atoms with Crippen LogP contribution in [0.4, 0.5) is 8.78 Å². The van der Waals surface area contributed by atoms with Gasteiger partial charge in [0.2, 0.25) is 0 Å². The molecule has 1 aromatic rings. The standard InChI is InChI=1S/C10H13F2NO2/c1-14-6-4-3-5-7(15-2)8(6)9(13)10(11)12/h3-5,9-10H,13H2,1-2H3/t9-/m0/s1. The minimum absolute atomic E-state index is 0.192. The Morgan fingerprint density at radius 1 is 1.13 bits per heavy atom. The van der Waals surface area contributed by atoms with E-state index in [1.54, 1.807) is 18.2 Å². The Hall–Kier alpha value is -1.36. The van der Waals surface area contributed by atoms with Crippen LogP contribution in [0.3, 0.4) is 0 Å². The molecular weight excluding hydrogens is 204 g/mol. The molecule has 0 amide bonds. The maximum Gasteiger partial charge on any atom is 0.257 e. The first-order valence-electron chi connectivity index (χ1n) is 4.36. The number of halogens is 2. The second-order valence-electron chi connectivity index (χ2n) is 2.94. The monoisotopic (exact) mass is 217 g/mol. The zero-order valence-corrected chi connectivity index (χ0v) is 8.54. The fraction of sp³-hybridized carbons (Fsp3) is 0.400. The summed E-state index contributed by atoms with van der Waals surface area (Å²) < 4.78 is 35.0. The van der Waals surface area contributed by atoms with Gasteiger partial charge < -0.3 is 15.2 Å². The van der Waals surface area contributed by atoms with Crippen molar-refractivity contribution in [2.45, 2.75) is 12.5 Å². The quantitative estimate of drug-likeness (QED) is 0.838. The second kappa shape index (κ2) is 4.93. The summed E-state index contributed by atoms with van der Waals surface area (Å²) >= 11 is 0. The van der Waals surface area contributed by atoms with Gasteiger partial charge >= 0.3 is 0 Å². The molecule has 0 radical (unpaired) electrons. The molecule has 1 atom stereocenters. The zero-order chi connectivity index (χ0) is 11.4. The maximum atomic E-state index is 12.5. The summed E-state index contributed by atoms with van der Waals surface area (Å²) in [5, 5.41) is 0. The summed E-state index contributed by atoms with van der Waals surface area (Å²) in [4.78, 5) is 0. The Balaban J connectivity index is 3.21. The van der Waals surface area contributed by atoms with E-state index in [9.17, 15) is 8.78 Å². The highest BCUT2D eigenvalue weighted by molar-refractivity contribution is 5.47. The number of alkyl halides is 2. The van der Waals surface area contributed by atoms with Gasteiger partial charge in [-0.25, -0.2) is 8.78 Å². The molecule has 0 fully saturated rings. The average molecular weight is 217 g/mol. The minimum Gasteiger partial charge on any atom is -0.496 e. The molecule has 0 unspecified atom stereocenters. The van der Waals surface area contributed by atoms with Crippen molar-refractivity contribution in [3.8, 4) is 11.5 Å². The lowest BCUT2D eigenvalue weighted by Crippen LogP contribution is -2.20. The molecule has 15 heavy (non-hydrogen) atoms. The molecular formula is C10H13F2NO2. The molecule has 0 heterocycles. The van der Waals surface area contributed by atoms with Crippen LogP contribution in [-0.2, 0) is 0 Å². The summed E-state index contributed by atoms with van der Waals surface area (Å²) in [6.45, 7) is 0. The molecule has 0 aliphatic carbocycles. The molecule has 0 aromatic heterocycles. The third kappa shape index (κ3) is 2.36. The van der Waals surface area contributed by atoms with Gasteiger partial charge in [-0.3, -0.25) is 0 Å². The van der Waals surface area contributed by atoms with Crippen molar-refractivity contribution in [2.24, 2.45) is 5.73 Å². The summed E-state index contributed by atoms with van der Waals surface area (Å²) in [6, 6.07) is 3.38. The molecule has 1 rings (SSSR count). The number of ether oxygens (including phenoxy) is 2. The third-order valence-corrected chi connectivity index (χ3v) is 2.07. The van der Waals surface area contributed by atoms with Crippen LogP contribution in [0, 0.1) is 0 Å². The highest BCUT2D eigenvalue weighted by Gasteiger charge is 2.24.